The Hall–Kier alpha value is -2.11. The van der Waals surface area contributed by atoms with Crippen molar-refractivity contribution in [2.75, 3.05) is 40.4 Å². The minimum atomic E-state index is 0.409. The first-order valence-electron chi connectivity index (χ1n) is 8.78. The average molecular weight is 341 g/mol. The maximum atomic E-state index is 5.52. The molecule has 1 fully saturated rings. The van der Waals surface area contributed by atoms with Crippen molar-refractivity contribution in [3.05, 3.63) is 53.9 Å². The van der Waals surface area contributed by atoms with Crippen LogP contribution in [0.3, 0.4) is 0 Å². The number of ether oxygens (including phenoxy) is 2. The van der Waals surface area contributed by atoms with Gasteiger partial charge in [-0.05, 0) is 24.6 Å². The van der Waals surface area contributed by atoms with E-state index in [1.165, 1.54) is 11.1 Å². The van der Waals surface area contributed by atoms with E-state index in [0.717, 1.165) is 44.2 Å². The Balaban J connectivity index is 1.58. The third kappa shape index (κ3) is 4.30. The Kier molecular flexibility index (Phi) is 5.89. The zero-order valence-corrected chi connectivity index (χ0v) is 15.3. The molecule has 0 spiro atoms. The number of rotatable bonds is 6. The fraction of sp³-hybridized carbons (Fsp3) is 0.450. The number of piperazine rings is 1. The predicted octanol–water partition coefficient (Wildman–Crippen LogP) is 2.98. The minimum absolute atomic E-state index is 0.409. The fourth-order valence-electron chi connectivity index (χ4n) is 3.37. The quantitative estimate of drug-likeness (QED) is 0.807. The van der Waals surface area contributed by atoms with E-state index in [2.05, 4.69) is 33.8 Å². The molecule has 0 bridgehead atoms. The van der Waals surface area contributed by atoms with Crippen LogP contribution in [0.4, 0.5) is 0 Å². The van der Waals surface area contributed by atoms with Crippen molar-refractivity contribution in [2.24, 2.45) is 0 Å². The third-order valence-corrected chi connectivity index (χ3v) is 5.01. The average Bonchev–Trinajstić information content (AvgIpc) is 2.69. The van der Waals surface area contributed by atoms with Crippen molar-refractivity contribution < 1.29 is 9.47 Å². The van der Waals surface area contributed by atoms with Crippen LogP contribution in [0.25, 0.3) is 0 Å². The van der Waals surface area contributed by atoms with Gasteiger partial charge in [-0.15, -0.1) is 0 Å². The van der Waals surface area contributed by atoms with Gasteiger partial charge in [0.15, 0.2) is 0 Å². The van der Waals surface area contributed by atoms with Gasteiger partial charge in [0, 0.05) is 62.8 Å². The summed E-state index contributed by atoms with van der Waals surface area (Å²) in [4.78, 5) is 9.25. The second-order valence-corrected chi connectivity index (χ2v) is 6.45. The summed E-state index contributed by atoms with van der Waals surface area (Å²) in [7, 11) is 3.39. The molecule has 25 heavy (non-hydrogen) atoms. The standard InChI is InChI=1S/C20H27N3O2/c1-16(17-5-4-8-21-14-17)23-11-9-22(10-12-23)15-18-6-7-19(24-2)13-20(18)25-3/h4-8,13-14,16H,9-12,15H2,1-3H3/t16-/m1/s1. The molecule has 0 radical (unpaired) electrons. The summed E-state index contributed by atoms with van der Waals surface area (Å²) in [5.74, 6) is 1.72. The first-order valence-corrected chi connectivity index (χ1v) is 8.78. The van der Waals surface area contributed by atoms with Crippen molar-refractivity contribution in [1.29, 1.82) is 0 Å². The van der Waals surface area contributed by atoms with Gasteiger partial charge >= 0.3 is 0 Å². The number of hydrogen-bond acceptors (Lipinski definition) is 5. The second kappa shape index (κ2) is 8.32. The second-order valence-electron chi connectivity index (χ2n) is 6.45. The normalized spacial score (nSPS) is 17.2. The number of benzene rings is 1. The van der Waals surface area contributed by atoms with Crippen molar-refractivity contribution >= 4 is 0 Å². The highest BCUT2D eigenvalue weighted by Crippen LogP contribution is 2.27. The van der Waals surface area contributed by atoms with Crippen LogP contribution in [0.1, 0.15) is 24.1 Å². The molecule has 5 nitrogen and oxygen atoms in total. The molecule has 0 N–H and O–H groups in total. The van der Waals surface area contributed by atoms with E-state index in [1.54, 1.807) is 14.2 Å². The molecule has 134 valence electrons. The summed E-state index contributed by atoms with van der Waals surface area (Å²) >= 11 is 0. The van der Waals surface area contributed by atoms with E-state index in [0.29, 0.717) is 6.04 Å². The molecule has 2 heterocycles. The zero-order chi connectivity index (χ0) is 17.6. The third-order valence-electron chi connectivity index (χ3n) is 5.01. The molecule has 1 aromatic heterocycles. The van der Waals surface area contributed by atoms with Crippen LogP contribution >= 0.6 is 0 Å². The van der Waals surface area contributed by atoms with Gasteiger partial charge in [0.2, 0.25) is 0 Å². The van der Waals surface area contributed by atoms with E-state index in [1.807, 2.05) is 30.6 Å². The van der Waals surface area contributed by atoms with Crippen LogP contribution in [-0.2, 0) is 6.54 Å². The van der Waals surface area contributed by atoms with Gasteiger partial charge in [-0.3, -0.25) is 14.8 Å². The van der Waals surface area contributed by atoms with Crippen LogP contribution in [0.15, 0.2) is 42.7 Å². The molecule has 1 aromatic carbocycles. The maximum absolute atomic E-state index is 5.52. The molecule has 1 saturated heterocycles. The van der Waals surface area contributed by atoms with Gasteiger partial charge in [0.25, 0.3) is 0 Å². The van der Waals surface area contributed by atoms with Crippen LogP contribution < -0.4 is 9.47 Å². The van der Waals surface area contributed by atoms with Crippen LogP contribution in [0.5, 0.6) is 11.5 Å². The number of aromatic nitrogens is 1. The molecule has 2 aromatic rings. The largest absolute Gasteiger partial charge is 0.497 e. The van der Waals surface area contributed by atoms with Gasteiger partial charge < -0.3 is 9.47 Å². The van der Waals surface area contributed by atoms with Crippen LogP contribution in [-0.4, -0.2) is 55.2 Å². The van der Waals surface area contributed by atoms with Gasteiger partial charge in [-0.1, -0.05) is 12.1 Å². The lowest BCUT2D eigenvalue weighted by Gasteiger charge is -2.38. The summed E-state index contributed by atoms with van der Waals surface area (Å²) in [6.07, 6.45) is 3.80. The maximum Gasteiger partial charge on any atom is 0.127 e. The van der Waals surface area contributed by atoms with Gasteiger partial charge in [-0.2, -0.15) is 0 Å². The Morgan fingerprint density at radius 1 is 1.08 bits per heavy atom. The van der Waals surface area contributed by atoms with Gasteiger partial charge in [-0.25, -0.2) is 0 Å². The van der Waals surface area contributed by atoms with E-state index in [9.17, 15) is 0 Å². The number of pyridine rings is 1. The van der Waals surface area contributed by atoms with Gasteiger partial charge in [0.1, 0.15) is 11.5 Å². The van der Waals surface area contributed by atoms with Gasteiger partial charge in [0.05, 0.1) is 14.2 Å². The van der Waals surface area contributed by atoms with Crippen LogP contribution in [0, 0.1) is 0 Å². The highest BCUT2D eigenvalue weighted by molar-refractivity contribution is 5.40. The highest BCUT2D eigenvalue weighted by atomic mass is 16.5. The Morgan fingerprint density at radius 2 is 1.88 bits per heavy atom. The SMILES string of the molecule is COc1ccc(CN2CCN([C@H](C)c3cccnc3)CC2)c(OC)c1. The Morgan fingerprint density at radius 3 is 2.52 bits per heavy atom. The lowest BCUT2D eigenvalue weighted by molar-refractivity contribution is 0.0972. The number of hydrogen-bond donors (Lipinski definition) is 0. The van der Waals surface area contributed by atoms with Crippen molar-refractivity contribution in [3.63, 3.8) is 0 Å². The topological polar surface area (TPSA) is 37.8 Å². The van der Waals surface area contributed by atoms with Crippen molar-refractivity contribution in [3.8, 4) is 11.5 Å². The summed E-state index contributed by atoms with van der Waals surface area (Å²) in [5.41, 5.74) is 2.49. The molecule has 1 aliphatic rings. The summed E-state index contributed by atoms with van der Waals surface area (Å²) in [6.45, 7) is 7.41. The smallest absolute Gasteiger partial charge is 0.127 e. The summed E-state index contributed by atoms with van der Waals surface area (Å²) < 4.78 is 10.8. The lowest BCUT2D eigenvalue weighted by atomic mass is 10.1. The molecule has 1 aliphatic heterocycles. The Bertz CT molecular complexity index is 670. The molecule has 0 aliphatic carbocycles. The highest BCUT2D eigenvalue weighted by Gasteiger charge is 2.22. The first kappa shape index (κ1) is 17.7. The lowest BCUT2D eigenvalue weighted by Crippen LogP contribution is -2.46. The van der Waals surface area contributed by atoms with Crippen molar-refractivity contribution in [2.45, 2.75) is 19.5 Å². The molecular weight excluding hydrogens is 314 g/mol. The summed E-state index contributed by atoms with van der Waals surface area (Å²) in [5, 5.41) is 0. The fourth-order valence-corrected chi connectivity index (χ4v) is 3.37. The monoisotopic (exact) mass is 341 g/mol. The Labute approximate surface area is 150 Å². The molecule has 1 atom stereocenters. The van der Waals surface area contributed by atoms with Crippen LogP contribution in [0.2, 0.25) is 0 Å². The predicted molar refractivity (Wildman–Crippen MR) is 99.0 cm³/mol. The molecular formula is C20H27N3O2. The van der Waals surface area contributed by atoms with E-state index in [4.69, 9.17) is 9.47 Å². The molecule has 3 rings (SSSR count). The molecule has 0 amide bonds. The molecule has 0 unspecified atom stereocenters. The number of methoxy groups -OCH3 is 2. The number of nitrogens with zero attached hydrogens (tertiary/aromatic N) is 3. The first-order chi connectivity index (χ1) is 12.2. The van der Waals surface area contributed by atoms with E-state index in [-0.39, 0.29) is 0 Å². The zero-order valence-electron chi connectivity index (χ0n) is 15.3. The van der Waals surface area contributed by atoms with Crippen molar-refractivity contribution in [1.82, 2.24) is 14.8 Å². The summed E-state index contributed by atoms with van der Waals surface area (Å²) in [6, 6.07) is 10.6. The molecule has 0 saturated carbocycles. The van der Waals surface area contributed by atoms with E-state index >= 15 is 0 Å². The van der Waals surface area contributed by atoms with E-state index < -0.39 is 0 Å². The minimum Gasteiger partial charge on any atom is -0.497 e. The molecule has 5 heteroatoms.